The number of thiophene rings is 1. The summed E-state index contributed by atoms with van der Waals surface area (Å²) >= 11 is 1.36. The summed E-state index contributed by atoms with van der Waals surface area (Å²) in [6.45, 7) is 0.147. The number of carbonyl (C=O) groups is 1. The molecule has 0 saturated carbocycles. The molecule has 4 rings (SSSR count). The fourth-order valence-electron chi connectivity index (χ4n) is 2.47. The summed E-state index contributed by atoms with van der Waals surface area (Å²) in [7, 11) is 1.70. The number of aromatic amines is 1. The molecule has 0 aliphatic carbocycles. The van der Waals surface area contributed by atoms with E-state index in [2.05, 4.69) is 20.4 Å². The van der Waals surface area contributed by atoms with Crippen LogP contribution >= 0.6 is 11.3 Å². The minimum atomic E-state index is -0.183. The van der Waals surface area contributed by atoms with Crippen LogP contribution in [0.1, 0.15) is 15.6 Å². The summed E-state index contributed by atoms with van der Waals surface area (Å²) in [5.74, 6) is 0.520. The van der Waals surface area contributed by atoms with Gasteiger partial charge in [-0.25, -0.2) is 4.79 Å². The number of carbonyl (C=O) groups excluding carboxylic acids is 1. The molecule has 9 heteroatoms. The molecule has 0 bridgehead atoms. The van der Waals surface area contributed by atoms with Gasteiger partial charge in [-0.15, -0.1) is 11.3 Å². The summed E-state index contributed by atoms with van der Waals surface area (Å²) < 4.78 is 6.71. The Kier molecular flexibility index (Phi) is 3.69. The summed E-state index contributed by atoms with van der Waals surface area (Å²) in [6.07, 6.45) is 0. The number of amides is 1. The fourth-order valence-corrected chi connectivity index (χ4v) is 3.11. The quantitative estimate of drug-likeness (QED) is 0.582. The van der Waals surface area contributed by atoms with Crippen LogP contribution in [-0.4, -0.2) is 25.6 Å². The minimum Gasteiger partial charge on any atom is -0.342 e. The van der Waals surface area contributed by atoms with E-state index in [9.17, 15) is 9.59 Å². The molecule has 0 saturated heterocycles. The van der Waals surface area contributed by atoms with Crippen molar-refractivity contribution in [2.75, 3.05) is 0 Å². The van der Waals surface area contributed by atoms with Crippen LogP contribution in [0, 0.1) is 0 Å². The third kappa shape index (κ3) is 2.85. The van der Waals surface area contributed by atoms with Crippen molar-refractivity contribution in [3.63, 3.8) is 0 Å². The Hall–Kier alpha value is -3.20. The molecular weight excluding hydrogens is 342 g/mol. The van der Waals surface area contributed by atoms with Crippen LogP contribution < -0.4 is 11.0 Å². The topological polar surface area (TPSA) is 106 Å². The summed E-state index contributed by atoms with van der Waals surface area (Å²) in [6, 6.07) is 8.98. The second-order valence-electron chi connectivity index (χ2n) is 5.39. The Labute approximate surface area is 145 Å². The van der Waals surface area contributed by atoms with E-state index in [0.717, 1.165) is 5.52 Å². The van der Waals surface area contributed by atoms with Crippen molar-refractivity contribution in [3.8, 4) is 11.4 Å². The number of rotatable bonds is 4. The van der Waals surface area contributed by atoms with Crippen LogP contribution in [0.15, 0.2) is 45.0 Å². The molecule has 0 fully saturated rings. The second-order valence-corrected chi connectivity index (χ2v) is 6.34. The van der Waals surface area contributed by atoms with Crippen LogP contribution in [0.3, 0.4) is 0 Å². The van der Waals surface area contributed by atoms with Gasteiger partial charge in [0.1, 0.15) is 0 Å². The number of hydrogen-bond acceptors (Lipinski definition) is 6. The highest BCUT2D eigenvalue weighted by atomic mass is 32.1. The number of hydrogen-bond donors (Lipinski definition) is 2. The molecule has 4 aromatic rings. The Morgan fingerprint density at radius 1 is 1.40 bits per heavy atom. The van der Waals surface area contributed by atoms with E-state index in [1.807, 2.05) is 23.6 Å². The van der Waals surface area contributed by atoms with Crippen LogP contribution in [0.4, 0.5) is 0 Å². The van der Waals surface area contributed by atoms with E-state index >= 15 is 0 Å². The monoisotopic (exact) mass is 355 g/mol. The number of nitrogens with one attached hydrogen (secondary N) is 2. The van der Waals surface area contributed by atoms with Gasteiger partial charge in [0.2, 0.25) is 11.7 Å². The number of imidazole rings is 1. The van der Waals surface area contributed by atoms with Gasteiger partial charge < -0.3 is 14.8 Å². The molecule has 3 heterocycles. The van der Waals surface area contributed by atoms with E-state index in [1.165, 1.54) is 15.9 Å². The molecule has 1 amide bonds. The standard InChI is InChI=1S/C16H13N5O3S/c1-21-11-5-4-9(7-10(11)18-16(21)23)14-19-13(24-20-14)8-17-15(22)12-3-2-6-25-12/h2-7H,8H2,1H3,(H,17,22)(H,18,23). The van der Waals surface area contributed by atoms with Gasteiger partial charge in [0, 0.05) is 12.6 Å². The van der Waals surface area contributed by atoms with Crippen LogP contribution in [0.2, 0.25) is 0 Å². The molecule has 126 valence electrons. The minimum absolute atomic E-state index is 0.147. The normalized spacial score (nSPS) is 11.1. The largest absolute Gasteiger partial charge is 0.342 e. The van der Waals surface area contributed by atoms with Crippen LogP contribution in [-0.2, 0) is 13.6 Å². The van der Waals surface area contributed by atoms with Gasteiger partial charge >= 0.3 is 5.69 Å². The molecular formula is C16H13N5O3S. The van der Waals surface area contributed by atoms with E-state index in [-0.39, 0.29) is 18.1 Å². The van der Waals surface area contributed by atoms with E-state index in [4.69, 9.17) is 4.52 Å². The van der Waals surface area contributed by atoms with Gasteiger partial charge in [-0.1, -0.05) is 11.2 Å². The average molecular weight is 355 g/mol. The fraction of sp³-hybridized carbons (Fsp3) is 0.125. The lowest BCUT2D eigenvalue weighted by atomic mass is 10.2. The average Bonchev–Trinajstić information content (AvgIpc) is 3.34. The van der Waals surface area contributed by atoms with E-state index in [1.54, 1.807) is 19.2 Å². The highest BCUT2D eigenvalue weighted by molar-refractivity contribution is 7.12. The predicted octanol–water partition coefficient (Wildman–Crippen LogP) is 1.91. The second kappa shape index (κ2) is 6.02. The van der Waals surface area contributed by atoms with Crippen LogP contribution in [0.25, 0.3) is 22.4 Å². The zero-order valence-electron chi connectivity index (χ0n) is 13.1. The Morgan fingerprint density at radius 3 is 3.08 bits per heavy atom. The molecule has 0 atom stereocenters. The number of aromatic nitrogens is 4. The molecule has 0 aliphatic rings. The molecule has 2 N–H and O–H groups in total. The van der Waals surface area contributed by atoms with Gasteiger partial charge in [0.05, 0.1) is 22.5 Å². The molecule has 3 aromatic heterocycles. The van der Waals surface area contributed by atoms with Crippen molar-refractivity contribution in [3.05, 3.63) is 57.0 Å². The maximum absolute atomic E-state index is 11.9. The van der Waals surface area contributed by atoms with E-state index < -0.39 is 0 Å². The van der Waals surface area contributed by atoms with Crippen molar-refractivity contribution < 1.29 is 9.32 Å². The Bertz CT molecular complexity index is 1110. The van der Waals surface area contributed by atoms with Gasteiger partial charge in [-0.2, -0.15) is 4.98 Å². The van der Waals surface area contributed by atoms with Crippen molar-refractivity contribution in [1.29, 1.82) is 0 Å². The maximum Gasteiger partial charge on any atom is 0.326 e. The maximum atomic E-state index is 11.9. The summed E-state index contributed by atoms with van der Waals surface area (Å²) in [5, 5.41) is 8.50. The zero-order valence-corrected chi connectivity index (χ0v) is 14.0. The SMILES string of the molecule is Cn1c(=O)[nH]c2cc(-c3noc(CNC(=O)c4cccs4)n3)ccc21. The third-order valence-electron chi connectivity index (χ3n) is 3.78. The smallest absolute Gasteiger partial charge is 0.326 e. The lowest BCUT2D eigenvalue weighted by Crippen LogP contribution is -2.21. The number of nitrogens with zero attached hydrogens (tertiary/aromatic N) is 3. The molecule has 1 aromatic carbocycles. The molecule has 0 spiro atoms. The number of fused-ring (bicyclic) bond motifs is 1. The number of aryl methyl sites for hydroxylation is 1. The lowest BCUT2D eigenvalue weighted by Gasteiger charge is -1.98. The van der Waals surface area contributed by atoms with Crippen molar-refractivity contribution in [1.82, 2.24) is 25.0 Å². The van der Waals surface area contributed by atoms with E-state index in [0.29, 0.717) is 27.7 Å². The highest BCUT2D eigenvalue weighted by Crippen LogP contribution is 2.20. The summed E-state index contributed by atoms with van der Waals surface area (Å²) in [5.41, 5.74) is 2.02. The predicted molar refractivity (Wildman–Crippen MR) is 92.3 cm³/mol. The molecule has 0 aliphatic heterocycles. The van der Waals surface area contributed by atoms with Gasteiger partial charge in [0.15, 0.2) is 0 Å². The van der Waals surface area contributed by atoms with Crippen molar-refractivity contribution in [2.24, 2.45) is 7.05 Å². The van der Waals surface area contributed by atoms with Gasteiger partial charge in [0.25, 0.3) is 5.91 Å². The molecule has 0 radical (unpaired) electrons. The lowest BCUT2D eigenvalue weighted by molar-refractivity contribution is 0.0950. The highest BCUT2D eigenvalue weighted by Gasteiger charge is 2.13. The van der Waals surface area contributed by atoms with Crippen molar-refractivity contribution in [2.45, 2.75) is 6.54 Å². The first kappa shape index (κ1) is 15.3. The number of benzene rings is 1. The first-order chi connectivity index (χ1) is 12.1. The Morgan fingerprint density at radius 2 is 2.28 bits per heavy atom. The van der Waals surface area contributed by atoms with Gasteiger partial charge in [-0.05, 0) is 29.6 Å². The molecule has 0 unspecified atom stereocenters. The molecule has 8 nitrogen and oxygen atoms in total. The first-order valence-corrected chi connectivity index (χ1v) is 8.33. The van der Waals surface area contributed by atoms with Crippen LogP contribution in [0.5, 0.6) is 0 Å². The van der Waals surface area contributed by atoms with Crippen molar-refractivity contribution >= 4 is 28.3 Å². The third-order valence-corrected chi connectivity index (χ3v) is 4.64. The summed E-state index contributed by atoms with van der Waals surface area (Å²) in [4.78, 5) is 31.2. The molecule has 25 heavy (non-hydrogen) atoms. The Balaban J connectivity index is 1.53. The number of H-pyrrole nitrogens is 1. The zero-order chi connectivity index (χ0) is 17.4. The van der Waals surface area contributed by atoms with Gasteiger partial charge in [-0.3, -0.25) is 9.36 Å². The first-order valence-electron chi connectivity index (χ1n) is 7.45.